The molecular formula is C22H22N2O. The molecule has 3 nitrogen and oxygen atoms in total. The molecule has 0 aliphatic heterocycles. The van der Waals surface area contributed by atoms with E-state index in [1.54, 1.807) is 6.20 Å². The molecule has 0 bridgehead atoms. The zero-order valence-corrected chi connectivity index (χ0v) is 15.1. The number of hydrogen-bond donors (Lipinski definition) is 0. The third kappa shape index (κ3) is 2.60. The lowest BCUT2D eigenvalue weighted by Crippen LogP contribution is -2.05. The van der Waals surface area contributed by atoms with Gasteiger partial charge in [0.05, 0.1) is 5.69 Å². The van der Waals surface area contributed by atoms with E-state index in [-0.39, 0.29) is 0 Å². The highest BCUT2D eigenvalue weighted by Crippen LogP contribution is 2.36. The average molecular weight is 330 g/mol. The Labute approximate surface area is 147 Å². The van der Waals surface area contributed by atoms with Crippen LogP contribution in [0.25, 0.3) is 33.3 Å². The van der Waals surface area contributed by atoms with Crippen LogP contribution in [0.15, 0.2) is 53.2 Å². The number of benzene rings is 1. The van der Waals surface area contributed by atoms with Crippen LogP contribution in [-0.2, 0) is 0 Å². The highest BCUT2D eigenvalue weighted by molar-refractivity contribution is 6.08. The van der Waals surface area contributed by atoms with E-state index < -0.39 is 0 Å². The number of nitrogens with zero attached hydrogens (tertiary/aromatic N) is 2. The lowest BCUT2D eigenvalue weighted by Gasteiger charge is -2.19. The molecule has 0 aliphatic carbocycles. The fraction of sp³-hybridized carbons (Fsp3) is 0.273. The van der Waals surface area contributed by atoms with Crippen LogP contribution in [0.4, 0.5) is 0 Å². The molecule has 0 fully saturated rings. The van der Waals surface area contributed by atoms with Crippen LogP contribution in [0, 0.1) is 12.8 Å². The third-order valence-electron chi connectivity index (χ3n) is 5.19. The molecule has 1 aromatic carbocycles. The Morgan fingerprint density at radius 1 is 0.960 bits per heavy atom. The number of hydrogen-bond acceptors (Lipinski definition) is 3. The minimum atomic E-state index is 0.485. The van der Waals surface area contributed by atoms with E-state index in [2.05, 4.69) is 56.9 Å². The van der Waals surface area contributed by atoms with E-state index in [9.17, 15) is 0 Å². The topological polar surface area (TPSA) is 38.9 Å². The molecule has 126 valence electrons. The van der Waals surface area contributed by atoms with Gasteiger partial charge in [0.1, 0.15) is 5.58 Å². The third-order valence-corrected chi connectivity index (χ3v) is 5.19. The van der Waals surface area contributed by atoms with E-state index in [1.165, 1.54) is 11.1 Å². The van der Waals surface area contributed by atoms with Crippen molar-refractivity contribution in [2.45, 2.75) is 33.6 Å². The van der Waals surface area contributed by atoms with Crippen LogP contribution < -0.4 is 0 Å². The van der Waals surface area contributed by atoms with Crippen molar-refractivity contribution >= 4 is 22.1 Å². The van der Waals surface area contributed by atoms with Crippen molar-refractivity contribution in [3.05, 3.63) is 59.9 Å². The standard InChI is InChI=1S/C22H22N2O/c1-13(2)15(4)19-11-20(24-12-14(19)3)18-8-5-7-16-17-9-6-10-23-22(17)25-21(16)18/h5-13,15H,1-4H3. The zero-order valence-electron chi connectivity index (χ0n) is 15.1. The lowest BCUT2D eigenvalue weighted by atomic mass is 9.87. The fourth-order valence-corrected chi connectivity index (χ4v) is 3.37. The van der Waals surface area contributed by atoms with Gasteiger partial charge in [0.2, 0.25) is 5.71 Å². The maximum atomic E-state index is 6.06. The SMILES string of the molecule is Cc1cnc(-c2cccc3c2oc2ncccc23)cc1C(C)C(C)C. The summed E-state index contributed by atoms with van der Waals surface area (Å²) in [6.07, 6.45) is 3.74. The van der Waals surface area contributed by atoms with Crippen LogP contribution in [0.2, 0.25) is 0 Å². The summed E-state index contributed by atoms with van der Waals surface area (Å²) in [4.78, 5) is 9.04. The maximum Gasteiger partial charge on any atom is 0.227 e. The molecule has 0 radical (unpaired) electrons. The molecule has 1 atom stereocenters. The molecule has 3 heteroatoms. The number of fused-ring (bicyclic) bond motifs is 3. The predicted octanol–water partition coefficient (Wildman–Crippen LogP) is 6.11. The Balaban J connectivity index is 1.94. The van der Waals surface area contributed by atoms with Crippen LogP contribution in [-0.4, -0.2) is 9.97 Å². The molecular weight excluding hydrogens is 308 g/mol. The first-order valence-corrected chi connectivity index (χ1v) is 8.79. The number of rotatable bonds is 3. The summed E-state index contributed by atoms with van der Waals surface area (Å²) in [5.74, 6) is 1.07. The Morgan fingerprint density at radius 3 is 2.56 bits per heavy atom. The highest BCUT2D eigenvalue weighted by atomic mass is 16.3. The lowest BCUT2D eigenvalue weighted by molar-refractivity contribution is 0.532. The van der Waals surface area contributed by atoms with Gasteiger partial charge in [-0.1, -0.05) is 32.9 Å². The van der Waals surface area contributed by atoms with Crippen LogP contribution in [0.5, 0.6) is 0 Å². The number of aryl methyl sites for hydroxylation is 1. The van der Waals surface area contributed by atoms with Gasteiger partial charge in [0.15, 0.2) is 0 Å². The summed E-state index contributed by atoms with van der Waals surface area (Å²) in [6.45, 7) is 8.94. The van der Waals surface area contributed by atoms with E-state index >= 15 is 0 Å². The average Bonchev–Trinajstić information content (AvgIpc) is 3.00. The summed E-state index contributed by atoms with van der Waals surface area (Å²) in [5.41, 5.74) is 6.10. The smallest absolute Gasteiger partial charge is 0.227 e. The van der Waals surface area contributed by atoms with Gasteiger partial charge in [-0.15, -0.1) is 0 Å². The predicted molar refractivity (Wildman–Crippen MR) is 103 cm³/mol. The van der Waals surface area contributed by atoms with Crippen molar-refractivity contribution in [2.75, 3.05) is 0 Å². The fourth-order valence-electron chi connectivity index (χ4n) is 3.37. The van der Waals surface area contributed by atoms with Gasteiger partial charge in [0, 0.05) is 28.7 Å². The van der Waals surface area contributed by atoms with Crippen LogP contribution in [0.1, 0.15) is 37.8 Å². The first kappa shape index (κ1) is 15.8. The van der Waals surface area contributed by atoms with Gasteiger partial charge in [-0.3, -0.25) is 4.98 Å². The molecule has 4 aromatic rings. The molecule has 3 heterocycles. The van der Waals surface area contributed by atoms with Gasteiger partial charge in [-0.25, -0.2) is 4.98 Å². The Bertz CT molecular complexity index is 1060. The van der Waals surface area contributed by atoms with Gasteiger partial charge >= 0.3 is 0 Å². The van der Waals surface area contributed by atoms with Gasteiger partial charge in [-0.2, -0.15) is 0 Å². The van der Waals surface area contributed by atoms with E-state index in [0.717, 1.165) is 27.6 Å². The van der Waals surface area contributed by atoms with E-state index in [0.29, 0.717) is 17.5 Å². The Morgan fingerprint density at radius 2 is 1.76 bits per heavy atom. The van der Waals surface area contributed by atoms with Gasteiger partial charge in [-0.05, 0) is 54.2 Å². The quantitative estimate of drug-likeness (QED) is 0.455. The van der Waals surface area contributed by atoms with Crippen molar-refractivity contribution in [3.8, 4) is 11.3 Å². The van der Waals surface area contributed by atoms with Crippen LogP contribution >= 0.6 is 0 Å². The second kappa shape index (κ2) is 5.99. The molecule has 0 saturated carbocycles. The summed E-state index contributed by atoms with van der Waals surface area (Å²) in [6, 6.07) is 12.4. The largest absolute Gasteiger partial charge is 0.437 e. The zero-order chi connectivity index (χ0) is 17.6. The monoisotopic (exact) mass is 330 g/mol. The maximum absolute atomic E-state index is 6.06. The second-order valence-corrected chi connectivity index (χ2v) is 7.10. The normalized spacial score (nSPS) is 13.0. The van der Waals surface area contributed by atoms with Crippen LogP contribution in [0.3, 0.4) is 0 Å². The summed E-state index contributed by atoms with van der Waals surface area (Å²) in [7, 11) is 0. The number of pyridine rings is 2. The van der Waals surface area contributed by atoms with E-state index in [1.807, 2.05) is 18.3 Å². The molecule has 0 amide bonds. The molecule has 0 spiro atoms. The Kier molecular flexibility index (Phi) is 3.79. The Hall–Kier alpha value is -2.68. The molecule has 0 aliphatic rings. The molecule has 0 saturated heterocycles. The summed E-state index contributed by atoms with van der Waals surface area (Å²) >= 11 is 0. The van der Waals surface area contributed by atoms with Crippen molar-refractivity contribution in [3.63, 3.8) is 0 Å². The molecule has 3 aromatic heterocycles. The molecule has 25 heavy (non-hydrogen) atoms. The molecule has 1 unspecified atom stereocenters. The van der Waals surface area contributed by atoms with Crippen molar-refractivity contribution in [1.29, 1.82) is 0 Å². The van der Waals surface area contributed by atoms with Gasteiger partial charge < -0.3 is 4.42 Å². The summed E-state index contributed by atoms with van der Waals surface area (Å²) < 4.78 is 6.06. The minimum absolute atomic E-state index is 0.485. The number of para-hydroxylation sites is 1. The van der Waals surface area contributed by atoms with Crippen molar-refractivity contribution in [2.24, 2.45) is 5.92 Å². The second-order valence-electron chi connectivity index (χ2n) is 7.10. The highest BCUT2D eigenvalue weighted by Gasteiger charge is 2.17. The first-order valence-electron chi connectivity index (χ1n) is 8.79. The van der Waals surface area contributed by atoms with E-state index in [4.69, 9.17) is 9.40 Å². The number of aromatic nitrogens is 2. The van der Waals surface area contributed by atoms with Gasteiger partial charge in [0.25, 0.3) is 0 Å². The molecule has 0 N–H and O–H groups in total. The first-order chi connectivity index (χ1) is 12.1. The van der Waals surface area contributed by atoms with Crippen molar-refractivity contribution < 1.29 is 4.42 Å². The molecule has 4 rings (SSSR count). The minimum Gasteiger partial charge on any atom is -0.437 e. The number of furan rings is 1. The summed E-state index contributed by atoms with van der Waals surface area (Å²) in [5, 5.41) is 2.13. The van der Waals surface area contributed by atoms with Crippen molar-refractivity contribution in [1.82, 2.24) is 9.97 Å².